The lowest BCUT2D eigenvalue weighted by Crippen LogP contribution is -2.24. The molecule has 3 aromatic rings. The second-order valence-electron chi connectivity index (χ2n) is 7.60. The highest BCUT2D eigenvalue weighted by Crippen LogP contribution is 2.44. The average molecular weight is 460 g/mol. The maximum absolute atomic E-state index is 14.4. The number of hydrogen-bond donors (Lipinski definition) is 3. The standard InChI is InChI=1S/C26H21FN2O5/c27-23-14-16(11-12-21(23)25(32)28-13-5-10-24(30)31)29-26(33)34-15-22-19-8-3-1-6-17(19)18-7-2-4-9-20(18)22/h1-12,14,22H,13,15H2,(H,28,32)(H,29,33)(H,30,31)/b10-5+. The van der Waals surface area contributed by atoms with Crippen LogP contribution in [0.3, 0.4) is 0 Å². The van der Waals surface area contributed by atoms with E-state index < -0.39 is 23.8 Å². The van der Waals surface area contributed by atoms with Crippen LogP contribution in [-0.2, 0) is 9.53 Å². The van der Waals surface area contributed by atoms with E-state index in [2.05, 4.69) is 10.6 Å². The number of hydrogen-bond acceptors (Lipinski definition) is 4. The molecule has 0 fully saturated rings. The van der Waals surface area contributed by atoms with Gasteiger partial charge in [-0.25, -0.2) is 14.0 Å². The van der Waals surface area contributed by atoms with Crippen molar-refractivity contribution in [3.63, 3.8) is 0 Å². The van der Waals surface area contributed by atoms with E-state index in [1.807, 2.05) is 48.5 Å². The van der Waals surface area contributed by atoms with E-state index in [4.69, 9.17) is 9.84 Å². The van der Waals surface area contributed by atoms with E-state index in [-0.39, 0.29) is 30.3 Å². The average Bonchev–Trinajstić information content (AvgIpc) is 3.14. The number of carbonyl (C=O) groups excluding carboxylic acids is 2. The van der Waals surface area contributed by atoms with Crippen molar-refractivity contribution < 1.29 is 28.6 Å². The van der Waals surface area contributed by atoms with Gasteiger partial charge in [-0.1, -0.05) is 54.6 Å². The minimum Gasteiger partial charge on any atom is -0.478 e. The molecule has 34 heavy (non-hydrogen) atoms. The summed E-state index contributed by atoms with van der Waals surface area (Å²) in [6.45, 7) is 0.0526. The topological polar surface area (TPSA) is 105 Å². The van der Waals surface area contributed by atoms with Crippen LogP contribution in [0.4, 0.5) is 14.9 Å². The molecule has 0 aliphatic heterocycles. The van der Waals surface area contributed by atoms with Crippen LogP contribution < -0.4 is 10.6 Å². The van der Waals surface area contributed by atoms with E-state index in [1.165, 1.54) is 18.2 Å². The van der Waals surface area contributed by atoms with Gasteiger partial charge < -0.3 is 15.2 Å². The van der Waals surface area contributed by atoms with Gasteiger partial charge in [-0.2, -0.15) is 0 Å². The summed E-state index contributed by atoms with van der Waals surface area (Å²) >= 11 is 0. The number of carboxylic acids is 1. The number of fused-ring (bicyclic) bond motifs is 3. The monoisotopic (exact) mass is 460 g/mol. The molecule has 4 rings (SSSR count). The number of carbonyl (C=O) groups is 3. The van der Waals surface area contributed by atoms with Gasteiger partial charge in [0.15, 0.2) is 0 Å². The maximum atomic E-state index is 14.4. The predicted molar refractivity (Wildman–Crippen MR) is 124 cm³/mol. The minimum atomic E-state index is -1.15. The van der Waals surface area contributed by atoms with E-state index in [9.17, 15) is 18.8 Å². The third-order valence-corrected chi connectivity index (χ3v) is 5.44. The zero-order valence-corrected chi connectivity index (χ0v) is 18.0. The Morgan fingerprint density at radius 2 is 1.62 bits per heavy atom. The molecule has 2 amide bonds. The maximum Gasteiger partial charge on any atom is 0.411 e. The molecular weight excluding hydrogens is 439 g/mol. The van der Waals surface area contributed by atoms with Gasteiger partial charge in [0.05, 0.1) is 5.56 Å². The molecule has 0 unspecified atom stereocenters. The summed E-state index contributed by atoms with van der Waals surface area (Å²) in [5, 5.41) is 13.4. The van der Waals surface area contributed by atoms with Crippen molar-refractivity contribution in [2.24, 2.45) is 0 Å². The lowest BCUT2D eigenvalue weighted by atomic mass is 9.98. The van der Waals surface area contributed by atoms with E-state index in [0.717, 1.165) is 34.4 Å². The lowest BCUT2D eigenvalue weighted by molar-refractivity contribution is -0.131. The molecule has 0 aromatic heterocycles. The third kappa shape index (κ3) is 4.96. The lowest BCUT2D eigenvalue weighted by Gasteiger charge is -2.15. The molecule has 172 valence electrons. The molecule has 0 radical (unpaired) electrons. The highest BCUT2D eigenvalue weighted by molar-refractivity contribution is 5.95. The number of amides is 2. The highest BCUT2D eigenvalue weighted by Gasteiger charge is 2.29. The molecule has 0 heterocycles. The number of anilines is 1. The van der Waals surface area contributed by atoms with Gasteiger partial charge in [0.1, 0.15) is 12.4 Å². The van der Waals surface area contributed by atoms with Crippen molar-refractivity contribution in [1.29, 1.82) is 0 Å². The van der Waals surface area contributed by atoms with E-state index >= 15 is 0 Å². The number of halogens is 1. The van der Waals surface area contributed by atoms with Gasteiger partial charge in [0, 0.05) is 24.2 Å². The molecule has 0 saturated carbocycles. The summed E-state index contributed by atoms with van der Waals surface area (Å²) in [5.74, 6) is -2.79. The Morgan fingerprint density at radius 3 is 2.24 bits per heavy atom. The quantitative estimate of drug-likeness (QED) is 0.449. The van der Waals surface area contributed by atoms with Crippen LogP contribution in [-0.4, -0.2) is 36.2 Å². The summed E-state index contributed by atoms with van der Waals surface area (Å²) in [5.41, 5.74) is 4.29. The van der Waals surface area contributed by atoms with Gasteiger partial charge in [-0.3, -0.25) is 10.1 Å². The Morgan fingerprint density at radius 1 is 0.971 bits per heavy atom. The fraction of sp³-hybridized carbons (Fsp3) is 0.115. The number of nitrogens with one attached hydrogen (secondary N) is 2. The zero-order valence-electron chi connectivity index (χ0n) is 18.0. The van der Waals surface area contributed by atoms with Crippen LogP contribution in [0.5, 0.6) is 0 Å². The number of carboxylic acid groups (broad SMARTS) is 1. The van der Waals surface area contributed by atoms with Crippen molar-refractivity contribution in [1.82, 2.24) is 5.32 Å². The molecule has 0 bridgehead atoms. The molecule has 8 heteroatoms. The Labute approximate surface area is 194 Å². The molecule has 3 aromatic carbocycles. The number of rotatable bonds is 7. The summed E-state index contributed by atoms with van der Waals surface area (Å²) in [7, 11) is 0. The summed E-state index contributed by atoms with van der Waals surface area (Å²) < 4.78 is 19.8. The molecule has 0 spiro atoms. The Kier molecular flexibility index (Phi) is 6.68. The van der Waals surface area contributed by atoms with Gasteiger partial charge in [-0.15, -0.1) is 0 Å². The number of benzene rings is 3. The molecule has 1 aliphatic carbocycles. The smallest absolute Gasteiger partial charge is 0.411 e. The first-order chi connectivity index (χ1) is 16.4. The van der Waals surface area contributed by atoms with Crippen molar-refractivity contribution in [3.05, 3.63) is 101 Å². The Balaban J connectivity index is 1.36. The SMILES string of the molecule is O=C(O)/C=C/CNC(=O)c1ccc(NC(=O)OCC2c3ccccc3-c3ccccc32)cc1F. The number of aliphatic carboxylic acids is 1. The highest BCUT2D eigenvalue weighted by atomic mass is 19.1. The minimum absolute atomic E-state index is 0.0652. The summed E-state index contributed by atoms with van der Waals surface area (Å²) in [6, 6.07) is 19.6. The van der Waals surface area contributed by atoms with Gasteiger partial charge in [-0.05, 0) is 40.5 Å². The van der Waals surface area contributed by atoms with Gasteiger partial charge >= 0.3 is 12.1 Å². The number of ether oxygens (including phenoxy) is 1. The van der Waals surface area contributed by atoms with Crippen LogP contribution in [0.2, 0.25) is 0 Å². The zero-order chi connectivity index (χ0) is 24.1. The summed E-state index contributed by atoms with van der Waals surface area (Å²) in [6.07, 6.45) is 1.36. The molecule has 1 aliphatic rings. The van der Waals surface area contributed by atoms with Crippen LogP contribution in [0, 0.1) is 5.82 Å². The van der Waals surface area contributed by atoms with Crippen LogP contribution >= 0.6 is 0 Å². The summed E-state index contributed by atoms with van der Waals surface area (Å²) in [4.78, 5) is 34.8. The first-order valence-electron chi connectivity index (χ1n) is 10.5. The first kappa shape index (κ1) is 22.7. The van der Waals surface area contributed by atoms with E-state index in [0.29, 0.717) is 0 Å². The van der Waals surface area contributed by atoms with Crippen molar-refractivity contribution in [3.8, 4) is 11.1 Å². The molecule has 7 nitrogen and oxygen atoms in total. The third-order valence-electron chi connectivity index (χ3n) is 5.44. The normalized spacial score (nSPS) is 12.1. The van der Waals surface area contributed by atoms with E-state index in [1.54, 1.807) is 0 Å². The van der Waals surface area contributed by atoms with Crippen molar-refractivity contribution in [2.75, 3.05) is 18.5 Å². The fourth-order valence-corrected chi connectivity index (χ4v) is 3.94. The van der Waals surface area contributed by atoms with Crippen LogP contribution in [0.15, 0.2) is 78.9 Å². The van der Waals surface area contributed by atoms with Crippen LogP contribution in [0.1, 0.15) is 27.4 Å². The molecule has 0 saturated heterocycles. The van der Waals surface area contributed by atoms with Crippen molar-refractivity contribution >= 4 is 23.7 Å². The van der Waals surface area contributed by atoms with Crippen molar-refractivity contribution in [2.45, 2.75) is 5.92 Å². The molecule has 3 N–H and O–H groups in total. The van der Waals surface area contributed by atoms with Crippen LogP contribution in [0.25, 0.3) is 11.1 Å². The Hall–Kier alpha value is -4.46. The molecular formula is C26H21FN2O5. The Bertz CT molecular complexity index is 1240. The molecule has 0 atom stereocenters. The second-order valence-corrected chi connectivity index (χ2v) is 7.60. The largest absolute Gasteiger partial charge is 0.478 e. The van der Waals surface area contributed by atoms with Gasteiger partial charge in [0.2, 0.25) is 0 Å². The second kappa shape index (κ2) is 9.99. The predicted octanol–water partition coefficient (Wildman–Crippen LogP) is 4.56. The fourth-order valence-electron chi connectivity index (χ4n) is 3.94. The first-order valence-corrected chi connectivity index (χ1v) is 10.5. The van der Waals surface area contributed by atoms with Gasteiger partial charge in [0.25, 0.3) is 5.91 Å².